The van der Waals surface area contributed by atoms with E-state index in [1.165, 1.54) is 5.56 Å². The number of urea groups is 1. The molecule has 1 aliphatic carbocycles. The number of aliphatic imine (C=N–C) groups is 1. The summed E-state index contributed by atoms with van der Waals surface area (Å²) in [7, 11) is 0. The van der Waals surface area contributed by atoms with E-state index in [9.17, 15) is 4.79 Å². The van der Waals surface area contributed by atoms with Crippen molar-refractivity contribution < 1.29 is 4.79 Å². The number of nitrogens with zero attached hydrogens (tertiary/aromatic N) is 2. The van der Waals surface area contributed by atoms with Gasteiger partial charge in [0.2, 0.25) is 0 Å². The maximum absolute atomic E-state index is 12.2. The van der Waals surface area contributed by atoms with Gasteiger partial charge in [-0.3, -0.25) is 0 Å². The van der Waals surface area contributed by atoms with Crippen molar-refractivity contribution in [2.75, 3.05) is 6.54 Å². The number of rotatable bonds is 2. The molecule has 1 aromatic rings. The van der Waals surface area contributed by atoms with Crippen LogP contribution in [0.15, 0.2) is 41.9 Å². The molecule has 2 aliphatic rings. The first-order chi connectivity index (χ1) is 9.61. The Bertz CT molecular complexity index is 607. The molecular weight excluding hydrogens is 250 g/mol. The first-order valence-electron chi connectivity index (χ1n) is 6.98. The van der Waals surface area contributed by atoms with E-state index in [-0.39, 0.29) is 6.03 Å². The molecule has 4 heteroatoms. The van der Waals surface area contributed by atoms with Gasteiger partial charge in [-0.05, 0) is 29.9 Å². The minimum atomic E-state index is -0.575. The SMILES string of the molecule is C=CCN1C(=O)N=C(N)C12CCC(C)c1ccccc12. The lowest BCUT2D eigenvalue weighted by Gasteiger charge is -2.43. The summed E-state index contributed by atoms with van der Waals surface area (Å²) in [5.41, 5.74) is 7.98. The second kappa shape index (κ2) is 4.47. The minimum absolute atomic E-state index is 0.258. The topological polar surface area (TPSA) is 58.7 Å². The predicted octanol–water partition coefficient (Wildman–Crippen LogP) is 2.76. The van der Waals surface area contributed by atoms with Crippen molar-refractivity contribution in [3.8, 4) is 0 Å². The van der Waals surface area contributed by atoms with Gasteiger partial charge in [-0.1, -0.05) is 37.3 Å². The average molecular weight is 269 g/mol. The lowest BCUT2D eigenvalue weighted by atomic mass is 9.71. The summed E-state index contributed by atoms with van der Waals surface area (Å²) < 4.78 is 0. The average Bonchev–Trinajstić information content (AvgIpc) is 2.68. The van der Waals surface area contributed by atoms with E-state index in [1.54, 1.807) is 11.0 Å². The zero-order valence-corrected chi connectivity index (χ0v) is 11.7. The van der Waals surface area contributed by atoms with Crippen molar-refractivity contribution in [3.63, 3.8) is 0 Å². The normalized spacial score (nSPS) is 28.4. The maximum atomic E-state index is 12.2. The molecule has 2 atom stereocenters. The summed E-state index contributed by atoms with van der Waals surface area (Å²) in [4.78, 5) is 17.9. The molecule has 104 valence electrons. The number of carbonyl (C=O) groups excluding carboxylic acids is 1. The molecule has 2 amide bonds. The second-order valence-electron chi connectivity index (χ2n) is 5.57. The van der Waals surface area contributed by atoms with Gasteiger partial charge < -0.3 is 10.6 Å². The molecule has 3 rings (SSSR count). The van der Waals surface area contributed by atoms with E-state index in [1.807, 2.05) is 12.1 Å². The van der Waals surface area contributed by atoms with Crippen LogP contribution < -0.4 is 5.73 Å². The minimum Gasteiger partial charge on any atom is -0.385 e. The number of nitrogens with two attached hydrogens (primary N) is 1. The first kappa shape index (κ1) is 12.9. The highest BCUT2D eigenvalue weighted by atomic mass is 16.2. The fourth-order valence-electron chi connectivity index (χ4n) is 3.49. The molecule has 1 heterocycles. The van der Waals surface area contributed by atoms with Crippen LogP contribution in [-0.2, 0) is 5.54 Å². The molecular formula is C16H19N3O. The standard InChI is InChI=1S/C16H19N3O/c1-3-10-19-15(20)18-14(17)16(19)9-8-11(2)12-6-4-5-7-13(12)16/h3-7,11H,1,8-10H2,2H3,(H2,17,18,20). The van der Waals surface area contributed by atoms with Gasteiger partial charge >= 0.3 is 6.03 Å². The molecule has 0 saturated carbocycles. The molecule has 1 aliphatic heterocycles. The second-order valence-corrected chi connectivity index (χ2v) is 5.57. The number of hydrogen-bond donors (Lipinski definition) is 1. The summed E-state index contributed by atoms with van der Waals surface area (Å²) in [5.74, 6) is 0.898. The van der Waals surface area contributed by atoms with E-state index >= 15 is 0 Å². The Hall–Kier alpha value is -2.10. The number of benzene rings is 1. The Kier molecular flexibility index (Phi) is 2.89. The summed E-state index contributed by atoms with van der Waals surface area (Å²) in [5, 5.41) is 0. The van der Waals surface area contributed by atoms with Gasteiger partial charge in [0.25, 0.3) is 0 Å². The third-order valence-electron chi connectivity index (χ3n) is 4.52. The monoisotopic (exact) mass is 269 g/mol. The maximum Gasteiger partial charge on any atom is 0.346 e. The Morgan fingerprint density at radius 3 is 3.05 bits per heavy atom. The quantitative estimate of drug-likeness (QED) is 0.839. The highest BCUT2D eigenvalue weighted by molar-refractivity contribution is 6.06. The van der Waals surface area contributed by atoms with Crippen molar-refractivity contribution in [1.82, 2.24) is 4.90 Å². The molecule has 0 aromatic heterocycles. The van der Waals surface area contributed by atoms with Gasteiger partial charge in [-0.2, -0.15) is 4.99 Å². The van der Waals surface area contributed by atoms with E-state index in [2.05, 4.69) is 30.6 Å². The van der Waals surface area contributed by atoms with E-state index in [0.29, 0.717) is 18.3 Å². The van der Waals surface area contributed by atoms with Crippen molar-refractivity contribution in [2.24, 2.45) is 10.7 Å². The number of amides is 2. The molecule has 0 bridgehead atoms. The molecule has 2 unspecified atom stereocenters. The smallest absolute Gasteiger partial charge is 0.346 e. The van der Waals surface area contributed by atoms with Crippen molar-refractivity contribution in [3.05, 3.63) is 48.0 Å². The van der Waals surface area contributed by atoms with Gasteiger partial charge in [0.1, 0.15) is 11.4 Å². The van der Waals surface area contributed by atoms with Crippen LogP contribution in [0.3, 0.4) is 0 Å². The predicted molar refractivity (Wildman–Crippen MR) is 79.7 cm³/mol. The zero-order valence-electron chi connectivity index (χ0n) is 11.7. The Balaban J connectivity index is 2.21. The largest absolute Gasteiger partial charge is 0.385 e. The van der Waals surface area contributed by atoms with E-state index < -0.39 is 5.54 Å². The van der Waals surface area contributed by atoms with Crippen molar-refractivity contribution in [2.45, 2.75) is 31.2 Å². The summed E-state index contributed by atoms with van der Waals surface area (Å²) in [6.07, 6.45) is 3.54. The highest BCUT2D eigenvalue weighted by Gasteiger charge is 2.52. The van der Waals surface area contributed by atoms with Crippen LogP contribution in [0.1, 0.15) is 36.8 Å². The first-order valence-corrected chi connectivity index (χ1v) is 6.98. The fourth-order valence-corrected chi connectivity index (χ4v) is 3.49. The molecule has 1 spiro atoms. The Labute approximate surface area is 119 Å². The van der Waals surface area contributed by atoms with Gasteiger partial charge in [-0.25, -0.2) is 4.79 Å². The zero-order chi connectivity index (χ0) is 14.3. The van der Waals surface area contributed by atoms with Crippen LogP contribution in [0.4, 0.5) is 4.79 Å². The molecule has 1 aromatic carbocycles. The van der Waals surface area contributed by atoms with Crippen LogP contribution in [-0.4, -0.2) is 23.3 Å². The number of hydrogen-bond acceptors (Lipinski definition) is 2. The molecule has 0 radical (unpaired) electrons. The van der Waals surface area contributed by atoms with Crippen LogP contribution in [0.25, 0.3) is 0 Å². The molecule has 0 fully saturated rings. The lowest BCUT2D eigenvalue weighted by Crippen LogP contribution is -2.53. The number of fused-ring (bicyclic) bond motifs is 2. The van der Waals surface area contributed by atoms with Gasteiger partial charge in [0, 0.05) is 6.54 Å². The van der Waals surface area contributed by atoms with Crippen LogP contribution in [0, 0.1) is 0 Å². The van der Waals surface area contributed by atoms with Crippen molar-refractivity contribution >= 4 is 11.9 Å². The van der Waals surface area contributed by atoms with Crippen LogP contribution in [0.5, 0.6) is 0 Å². The summed E-state index contributed by atoms with van der Waals surface area (Å²) >= 11 is 0. The van der Waals surface area contributed by atoms with Crippen molar-refractivity contribution in [1.29, 1.82) is 0 Å². The Morgan fingerprint density at radius 1 is 1.55 bits per heavy atom. The van der Waals surface area contributed by atoms with E-state index in [0.717, 1.165) is 18.4 Å². The molecule has 20 heavy (non-hydrogen) atoms. The lowest BCUT2D eigenvalue weighted by molar-refractivity contribution is 0.166. The summed E-state index contributed by atoms with van der Waals surface area (Å²) in [6.45, 7) is 6.43. The van der Waals surface area contributed by atoms with Gasteiger partial charge in [0.05, 0.1) is 0 Å². The highest BCUT2D eigenvalue weighted by Crippen LogP contribution is 2.47. The Morgan fingerprint density at radius 2 is 2.30 bits per heavy atom. The van der Waals surface area contributed by atoms with Gasteiger partial charge in [0.15, 0.2) is 0 Å². The third kappa shape index (κ3) is 1.54. The molecule has 2 N–H and O–H groups in total. The molecule has 4 nitrogen and oxygen atoms in total. The number of carbonyl (C=O) groups is 1. The van der Waals surface area contributed by atoms with Crippen LogP contribution >= 0.6 is 0 Å². The number of amidine groups is 1. The van der Waals surface area contributed by atoms with Gasteiger partial charge in [-0.15, -0.1) is 6.58 Å². The molecule has 0 saturated heterocycles. The summed E-state index contributed by atoms with van der Waals surface area (Å²) in [6, 6.07) is 7.98. The fraction of sp³-hybridized carbons (Fsp3) is 0.375. The van der Waals surface area contributed by atoms with E-state index in [4.69, 9.17) is 5.73 Å². The van der Waals surface area contributed by atoms with Crippen LogP contribution in [0.2, 0.25) is 0 Å². The third-order valence-corrected chi connectivity index (χ3v) is 4.52.